The summed E-state index contributed by atoms with van der Waals surface area (Å²) in [6.07, 6.45) is 3.91. The largest absolute Gasteiger partial charge is 0.365 e. The first-order valence-electron chi connectivity index (χ1n) is 10.3. The first-order valence-corrected chi connectivity index (χ1v) is 10.3. The van der Waals surface area contributed by atoms with Crippen LogP contribution in [0.3, 0.4) is 0 Å². The van der Waals surface area contributed by atoms with Crippen molar-refractivity contribution in [2.75, 3.05) is 11.4 Å². The molecule has 3 heterocycles. The topological polar surface area (TPSA) is 34.0 Å². The minimum atomic E-state index is 0.523. The van der Waals surface area contributed by atoms with Crippen LogP contribution in [-0.4, -0.2) is 27.4 Å². The molecule has 5 rings (SSSR count). The predicted molar refractivity (Wildman–Crippen MR) is 111 cm³/mol. The molecule has 3 aromatic rings. The average Bonchev–Trinajstić information content (AvgIpc) is 3.38. The van der Waals surface area contributed by atoms with Gasteiger partial charge in [0.1, 0.15) is 16.7 Å². The quantitative estimate of drug-likeness (QED) is 0.654. The number of rotatable bonds is 4. The minimum Gasteiger partial charge on any atom is -0.365 e. The van der Waals surface area contributed by atoms with Crippen LogP contribution in [0, 0.1) is 26.7 Å². The van der Waals surface area contributed by atoms with Gasteiger partial charge >= 0.3 is 0 Å². The van der Waals surface area contributed by atoms with Gasteiger partial charge in [-0.2, -0.15) is 5.10 Å². The van der Waals surface area contributed by atoms with Gasteiger partial charge in [-0.25, -0.2) is 4.98 Å². The second-order valence-corrected chi connectivity index (χ2v) is 8.49. The number of benzene rings is 1. The molecule has 2 aromatic heterocycles. The first kappa shape index (κ1) is 16.8. The van der Waals surface area contributed by atoms with Crippen molar-refractivity contribution in [2.24, 2.45) is 5.92 Å². The van der Waals surface area contributed by atoms with E-state index in [1.165, 1.54) is 47.3 Å². The molecule has 1 aliphatic carbocycles. The van der Waals surface area contributed by atoms with Gasteiger partial charge in [0.05, 0.1) is 12.2 Å². The van der Waals surface area contributed by atoms with Crippen LogP contribution in [0.2, 0.25) is 0 Å². The van der Waals surface area contributed by atoms with E-state index in [0.717, 1.165) is 35.8 Å². The molecular formula is C23H28N4. The van der Waals surface area contributed by atoms with Gasteiger partial charge in [0, 0.05) is 23.8 Å². The molecule has 1 aromatic carbocycles. The molecule has 0 saturated heterocycles. The summed E-state index contributed by atoms with van der Waals surface area (Å²) in [5.41, 5.74) is 9.51. The maximum absolute atomic E-state index is 5.08. The van der Waals surface area contributed by atoms with Crippen LogP contribution in [0.4, 0.5) is 5.69 Å². The number of nitrogens with zero attached hydrogens (tertiary/aromatic N) is 4. The normalized spacial score (nSPS) is 19.1. The van der Waals surface area contributed by atoms with Crippen molar-refractivity contribution < 1.29 is 0 Å². The number of hydrogen-bond donors (Lipinski definition) is 0. The van der Waals surface area contributed by atoms with Gasteiger partial charge in [0.25, 0.3) is 0 Å². The maximum atomic E-state index is 5.08. The molecule has 0 radical (unpaired) electrons. The smallest absolute Gasteiger partial charge is 0.119 e. The predicted octanol–water partition coefficient (Wildman–Crippen LogP) is 5.03. The van der Waals surface area contributed by atoms with Gasteiger partial charge in [0.15, 0.2) is 0 Å². The van der Waals surface area contributed by atoms with Crippen molar-refractivity contribution in [2.45, 2.75) is 59.5 Å². The molecule has 0 unspecified atom stereocenters. The molecule has 0 N–H and O–H groups in total. The van der Waals surface area contributed by atoms with Gasteiger partial charge in [-0.15, -0.1) is 0 Å². The summed E-state index contributed by atoms with van der Waals surface area (Å²) in [6, 6.07) is 9.42. The Balaban J connectivity index is 1.73. The van der Waals surface area contributed by atoms with Gasteiger partial charge in [-0.1, -0.05) is 30.7 Å². The summed E-state index contributed by atoms with van der Waals surface area (Å²) >= 11 is 0. The summed E-state index contributed by atoms with van der Waals surface area (Å²) < 4.78 is 2.23. The number of pyridine rings is 1. The Hall–Kier alpha value is -2.36. The van der Waals surface area contributed by atoms with E-state index in [2.05, 4.69) is 61.5 Å². The van der Waals surface area contributed by atoms with E-state index in [0.29, 0.717) is 6.04 Å². The van der Waals surface area contributed by atoms with Crippen molar-refractivity contribution >= 4 is 16.7 Å². The first-order chi connectivity index (χ1) is 13.0. The molecule has 0 amide bonds. The van der Waals surface area contributed by atoms with Crippen LogP contribution in [-0.2, 0) is 6.54 Å². The van der Waals surface area contributed by atoms with Crippen LogP contribution in [0.25, 0.3) is 22.3 Å². The van der Waals surface area contributed by atoms with Crippen LogP contribution < -0.4 is 4.90 Å². The van der Waals surface area contributed by atoms with Crippen LogP contribution >= 0.6 is 0 Å². The number of anilines is 1. The Bertz CT molecular complexity index is 1030. The second-order valence-electron chi connectivity index (χ2n) is 8.49. The number of aromatic nitrogens is 3. The van der Waals surface area contributed by atoms with Crippen LogP contribution in [0.15, 0.2) is 24.3 Å². The third kappa shape index (κ3) is 2.73. The lowest BCUT2D eigenvalue weighted by atomic mass is 10.0. The zero-order valence-electron chi connectivity index (χ0n) is 16.8. The van der Waals surface area contributed by atoms with Gasteiger partial charge in [-0.3, -0.25) is 4.68 Å². The molecule has 1 saturated carbocycles. The van der Waals surface area contributed by atoms with Crippen molar-refractivity contribution in [3.8, 4) is 11.3 Å². The molecule has 4 nitrogen and oxygen atoms in total. The summed E-state index contributed by atoms with van der Waals surface area (Å²) in [5, 5.41) is 5.08. The molecule has 0 spiro atoms. The minimum absolute atomic E-state index is 0.523. The monoisotopic (exact) mass is 360 g/mol. The molecule has 0 bridgehead atoms. The van der Waals surface area contributed by atoms with Gasteiger partial charge < -0.3 is 4.90 Å². The molecule has 1 fully saturated rings. The Morgan fingerprint density at radius 3 is 2.63 bits per heavy atom. The van der Waals surface area contributed by atoms with Crippen molar-refractivity contribution in [1.29, 1.82) is 0 Å². The molecular weight excluding hydrogens is 332 g/mol. The van der Waals surface area contributed by atoms with E-state index in [-0.39, 0.29) is 0 Å². The van der Waals surface area contributed by atoms with E-state index in [1.54, 1.807) is 0 Å². The standard InChI is InChI=1S/C23H28N4/c1-5-18-13-27-23-20(26(18)12-17-7-8-17)11-16(4)24-22(23)21(25-27)19-9-6-14(2)10-15(19)3/h6,9-11,17-18H,5,7-8,12-13H2,1-4H3/t18-/m0/s1. The van der Waals surface area contributed by atoms with Crippen LogP contribution in [0.5, 0.6) is 0 Å². The third-order valence-electron chi connectivity index (χ3n) is 6.20. The lowest BCUT2D eigenvalue weighted by molar-refractivity contribution is 0.453. The highest BCUT2D eigenvalue weighted by atomic mass is 15.4. The Kier molecular flexibility index (Phi) is 3.78. The fourth-order valence-electron chi connectivity index (χ4n) is 4.57. The fraction of sp³-hybridized carbons (Fsp3) is 0.478. The molecule has 1 aliphatic heterocycles. The molecule has 4 heteroatoms. The van der Waals surface area contributed by atoms with Gasteiger partial charge in [0.2, 0.25) is 0 Å². The summed E-state index contributed by atoms with van der Waals surface area (Å²) in [7, 11) is 0. The number of aryl methyl sites for hydroxylation is 3. The van der Waals surface area contributed by atoms with Crippen molar-refractivity contribution in [3.63, 3.8) is 0 Å². The van der Waals surface area contributed by atoms with Crippen molar-refractivity contribution in [1.82, 2.24) is 14.8 Å². The van der Waals surface area contributed by atoms with Crippen LogP contribution in [0.1, 0.15) is 43.0 Å². The van der Waals surface area contributed by atoms with E-state index in [4.69, 9.17) is 10.1 Å². The zero-order chi connectivity index (χ0) is 18.7. The third-order valence-corrected chi connectivity index (χ3v) is 6.20. The SMILES string of the molecule is CC[C@H]1Cn2nc(-c3ccc(C)cc3C)c3nc(C)cc(c32)N1CC1CC1. The van der Waals surface area contributed by atoms with E-state index < -0.39 is 0 Å². The maximum Gasteiger partial charge on any atom is 0.119 e. The highest BCUT2D eigenvalue weighted by Gasteiger charge is 2.34. The summed E-state index contributed by atoms with van der Waals surface area (Å²) in [5.74, 6) is 0.871. The average molecular weight is 361 g/mol. The second kappa shape index (κ2) is 6.08. The Labute approximate surface area is 161 Å². The van der Waals surface area contributed by atoms with E-state index >= 15 is 0 Å². The molecule has 140 valence electrons. The Morgan fingerprint density at radius 1 is 1.11 bits per heavy atom. The van der Waals surface area contributed by atoms with Gasteiger partial charge in [-0.05, 0) is 57.6 Å². The lowest BCUT2D eigenvalue weighted by Crippen LogP contribution is -2.42. The number of hydrogen-bond acceptors (Lipinski definition) is 3. The van der Waals surface area contributed by atoms with E-state index in [9.17, 15) is 0 Å². The molecule has 2 aliphatic rings. The summed E-state index contributed by atoms with van der Waals surface area (Å²) in [6.45, 7) is 10.9. The highest BCUT2D eigenvalue weighted by Crippen LogP contribution is 2.41. The zero-order valence-corrected chi connectivity index (χ0v) is 16.8. The Morgan fingerprint density at radius 2 is 1.93 bits per heavy atom. The summed E-state index contributed by atoms with van der Waals surface area (Å²) in [4.78, 5) is 7.60. The molecule has 1 atom stereocenters. The lowest BCUT2D eigenvalue weighted by Gasteiger charge is -2.37. The van der Waals surface area contributed by atoms with E-state index in [1.807, 2.05) is 0 Å². The fourth-order valence-corrected chi connectivity index (χ4v) is 4.57. The molecule has 27 heavy (non-hydrogen) atoms. The van der Waals surface area contributed by atoms with Crippen molar-refractivity contribution in [3.05, 3.63) is 41.1 Å². The highest BCUT2D eigenvalue weighted by molar-refractivity contribution is 5.99.